The van der Waals surface area contributed by atoms with Crippen molar-refractivity contribution in [2.75, 3.05) is 7.05 Å². The first kappa shape index (κ1) is 12.8. The Hall–Kier alpha value is -1.24. The van der Waals surface area contributed by atoms with E-state index in [0.717, 1.165) is 0 Å². The van der Waals surface area contributed by atoms with Crippen LogP contribution in [0.3, 0.4) is 0 Å². The first-order chi connectivity index (χ1) is 7.36. The van der Waals surface area contributed by atoms with E-state index in [-0.39, 0.29) is 11.2 Å². The number of rotatable bonds is 1. The number of hydrogen-bond acceptors (Lipinski definition) is 5. The molecule has 90 valence electrons. The molecule has 0 aromatic carbocycles. The average Bonchev–Trinajstić information content (AvgIpc) is 2.20. The molecule has 1 fully saturated rings. The lowest BCUT2D eigenvalue weighted by atomic mass is 10.1. The summed E-state index contributed by atoms with van der Waals surface area (Å²) in [7, 11) is 1.45. The van der Waals surface area contributed by atoms with E-state index in [1.807, 2.05) is 0 Å². The summed E-state index contributed by atoms with van der Waals surface area (Å²) in [4.78, 5) is 26.9. The zero-order valence-electron chi connectivity index (χ0n) is 9.66. The van der Waals surface area contributed by atoms with Crippen molar-refractivity contribution >= 4 is 28.8 Å². The largest absolute Gasteiger partial charge is 0.433 e. The standard InChI is InChI=1S/C9H15N3O3S/c1-5-6(13)11-9(2,3)7(16-5)12-15-8(14)10-4/h5H,1-4H3,(H,10,14)(H,11,13). The zero-order chi connectivity index (χ0) is 12.3. The molecule has 1 atom stereocenters. The summed E-state index contributed by atoms with van der Waals surface area (Å²) >= 11 is 1.29. The van der Waals surface area contributed by atoms with Gasteiger partial charge in [-0.15, -0.1) is 0 Å². The summed E-state index contributed by atoms with van der Waals surface area (Å²) in [6.07, 6.45) is -0.631. The van der Waals surface area contributed by atoms with E-state index in [1.165, 1.54) is 18.8 Å². The summed E-state index contributed by atoms with van der Waals surface area (Å²) in [6.45, 7) is 5.37. The van der Waals surface area contributed by atoms with Gasteiger partial charge in [0.2, 0.25) is 5.91 Å². The topological polar surface area (TPSA) is 79.8 Å². The molecule has 0 aliphatic carbocycles. The highest BCUT2D eigenvalue weighted by atomic mass is 32.2. The Kier molecular flexibility index (Phi) is 3.79. The number of nitrogens with one attached hydrogen (secondary N) is 2. The van der Waals surface area contributed by atoms with Gasteiger partial charge >= 0.3 is 6.09 Å². The van der Waals surface area contributed by atoms with Gasteiger partial charge in [0.05, 0.1) is 10.8 Å². The first-order valence-corrected chi connectivity index (χ1v) is 5.70. The fraction of sp³-hybridized carbons (Fsp3) is 0.667. The summed E-state index contributed by atoms with van der Waals surface area (Å²) in [5.41, 5.74) is -0.609. The quantitative estimate of drug-likeness (QED) is 0.526. The van der Waals surface area contributed by atoms with Gasteiger partial charge in [0.15, 0.2) is 0 Å². The van der Waals surface area contributed by atoms with Crippen molar-refractivity contribution in [3.63, 3.8) is 0 Å². The number of amides is 2. The molecular formula is C9H15N3O3S. The third kappa shape index (κ3) is 2.88. The van der Waals surface area contributed by atoms with Crippen LogP contribution in [-0.2, 0) is 9.63 Å². The Morgan fingerprint density at radius 2 is 2.25 bits per heavy atom. The minimum atomic E-state index is -0.631. The summed E-state index contributed by atoms with van der Waals surface area (Å²) in [5, 5.41) is 9.16. The smallest absolute Gasteiger partial charge is 0.344 e. The van der Waals surface area contributed by atoms with Crippen LogP contribution in [0.1, 0.15) is 20.8 Å². The predicted octanol–water partition coefficient (Wildman–Crippen LogP) is 0.686. The molecule has 1 aliphatic rings. The van der Waals surface area contributed by atoms with Crippen LogP contribution in [0.15, 0.2) is 5.16 Å². The van der Waals surface area contributed by atoms with Crippen molar-refractivity contribution in [1.82, 2.24) is 10.6 Å². The highest BCUT2D eigenvalue weighted by Gasteiger charge is 2.37. The second kappa shape index (κ2) is 4.73. The number of carbonyl (C=O) groups excluding carboxylic acids is 2. The fourth-order valence-electron chi connectivity index (χ4n) is 1.10. The average molecular weight is 245 g/mol. The molecule has 0 bridgehead atoms. The minimum absolute atomic E-state index is 0.0473. The van der Waals surface area contributed by atoms with Gasteiger partial charge in [-0.1, -0.05) is 16.9 Å². The Morgan fingerprint density at radius 3 is 2.81 bits per heavy atom. The van der Waals surface area contributed by atoms with Crippen LogP contribution < -0.4 is 10.6 Å². The second-order valence-corrected chi connectivity index (χ2v) is 5.23. The molecule has 1 saturated heterocycles. The monoisotopic (exact) mass is 245 g/mol. The van der Waals surface area contributed by atoms with Gasteiger partial charge in [0.1, 0.15) is 5.04 Å². The SMILES string of the molecule is CNC(=O)ON=C1SC(C)C(=O)NC1(C)C. The number of thioether (sulfide) groups is 1. The number of nitrogens with zero attached hydrogens (tertiary/aromatic N) is 1. The van der Waals surface area contributed by atoms with Gasteiger partial charge in [-0.05, 0) is 20.8 Å². The van der Waals surface area contributed by atoms with Gasteiger partial charge < -0.3 is 10.6 Å². The Bertz CT molecular complexity index is 341. The lowest BCUT2D eigenvalue weighted by molar-refractivity contribution is -0.121. The fourth-order valence-corrected chi connectivity index (χ4v) is 2.02. The lowest BCUT2D eigenvalue weighted by Gasteiger charge is -2.33. The van der Waals surface area contributed by atoms with Crippen LogP contribution in [0, 0.1) is 0 Å². The van der Waals surface area contributed by atoms with Crippen LogP contribution >= 0.6 is 11.8 Å². The Morgan fingerprint density at radius 1 is 1.62 bits per heavy atom. The molecule has 1 heterocycles. The van der Waals surface area contributed by atoms with Gasteiger partial charge in [-0.25, -0.2) is 4.79 Å². The van der Waals surface area contributed by atoms with E-state index in [9.17, 15) is 9.59 Å². The van der Waals surface area contributed by atoms with Crippen molar-refractivity contribution in [3.8, 4) is 0 Å². The molecule has 0 aromatic heterocycles. The molecule has 1 aliphatic heterocycles. The van der Waals surface area contributed by atoms with Gasteiger partial charge in [0, 0.05) is 7.05 Å². The van der Waals surface area contributed by atoms with Crippen LogP contribution in [0.2, 0.25) is 0 Å². The summed E-state index contributed by atoms with van der Waals surface area (Å²) in [5.74, 6) is -0.0473. The molecule has 0 saturated carbocycles. The van der Waals surface area contributed by atoms with Crippen molar-refractivity contribution in [2.24, 2.45) is 5.16 Å². The Balaban J connectivity index is 2.78. The normalized spacial score (nSPS) is 26.1. The van der Waals surface area contributed by atoms with Gasteiger partial charge in [0.25, 0.3) is 0 Å². The molecule has 6 nitrogen and oxygen atoms in total. The van der Waals surface area contributed by atoms with Crippen LogP contribution in [-0.4, -0.2) is 34.9 Å². The van der Waals surface area contributed by atoms with Crippen LogP contribution in [0.4, 0.5) is 4.79 Å². The maximum Gasteiger partial charge on any atom is 0.433 e. The summed E-state index contributed by atoms with van der Waals surface area (Å²) < 4.78 is 0. The zero-order valence-corrected chi connectivity index (χ0v) is 10.5. The highest BCUT2D eigenvalue weighted by molar-refractivity contribution is 8.15. The number of carbonyl (C=O) groups is 2. The molecule has 0 aromatic rings. The molecule has 1 rings (SSSR count). The van der Waals surface area contributed by atoms with Crippen molar-refractivity contribution in [2.45, 2.75) is 31.6 Å². The van der Waals surface area contributed by atoms with Crippen LogP contribution in [0.5, 0.6) is 0 Å². The molecule has 2 amide bonds. The molecule has 0 spiro atoms. The van der Waals surface area contributed by atoms with E-state index in [1.54, 1.807) is 20.8 Å². The Labute approximate surface area is 98.2 Å². The maximum atomic E-state index is 11.4. The van der Waals surface area contributed by atoms with E-state index in [4.69, 9.17) is 0 Å². The highest BCUT2D eigenvalue weighted by Crippen LogP contribution is 2.27. The number of oxime groups is 1. The van der Waals surface area contributed by atoms with Crippen molar-refractivity contribution in [3.05, 3.63) is 0 Å². The van der Waals surface area contributed by atoms with Gasteiger partial charge in [-0.3, -0.25) is 9.63 Å². The first-order valence-electron chi connectivity index (χ1n) is 4.82. The van der Waals surface area contributed by atoms with E-state index >= 15 is 0 Å². The molecule has 7 heteroatoms. The molecule has 1 unspecified atom stereocenters. The predicted molar refractivity (Wildman–Crippen MR) is 62.3 cm³/mol. The second-order valence-electron chi connectivity index (χ2n) is 3.90. The minimum Gasteiger partial charge on any atom is -0.344 e. The van der Waals surface area contributed by atoms with Crippen molar-refractivity contribution in [1.29, 1.82) is 0 Å². The molecule has 2 N–H and O–H groups in total. The van der Waals surface area contributed by atoms with Crippen molar-refractivity contribution < 1.29 is 14.4 Å². The number of hydrogen-bond donors (Lipinski definition) is 2. The van der Waals surface area contributed by atoms with E-state index in [2.05, 4.69) is 20.6 Å². The molecule has 16 heavy (non-hydrogen) atoms. The third-order valence-corrected chi connectivity index (χ3v) is 3.42. The van der Waals surface area contributed by atoms with Gasteiger partial charge in [-0.2, -0.15) is 0 Å². The van der Waals surface area contributed by atoms with E-state index in [0.29, 0.717) is 5.04 Å². The molecule has 0 radical (unpaired) electrons. The molecular weight excluding hydrogens is 230 g/mol. The maximum absolute atomic E-state index is 11.4. The van der Waals surface area contributed by atoms with E-state index < -0.39 is 11.6 Å². The lowest BCUT2D eigenvalue weighted by Crippen LogP contribution is -2.55. The summed E-state index contributed by atoms with van der Waals surface area (Å²) in [6, 6.07) is 0. The van der Waals surface area contributed by atoms with Crippen LogP contribution in [0.25, 0.3) is 0 Å². The third-order valence-electron chi connectivity index (χ3n) is 2.04.